The first kappa shape index (κ1) is 23.2. The summed E-state index contributed by atoms with van der Waals surface area (Å²) in [6.45, 7) is 7.97. The van der Waals surface area contributed by atoms with Crippen LogP contribution >= 0.6 is 11.8 Å². The van der Waals surface area contributed by atoms with Crippen LogP contribution in [0.2, 0.25) is 0 Å². The predicted octanol–water partition coefficient (Wildman–Crippen LogP) is 5.47. The molecule has 2 aliphatic heterocycles. The smallest absolute Gasteiger partial charge is 0.158 e. The van der Waals surface area contributed by atoms with E-state index in [1.165, 1.54) is 12.1 Å². The van der Waals surface area contributed by atoms with Crippen molar-refractivity contribution in [1.29, 1.82) is 0 Å². The van der Waals surface area contributed by atoms with E-state index < -0.39 is 0 Å². The second-order valence-corrected chi connectivity index (χ2v) is 10.7. The lowest BCUT2D eigenvalue weighted by Crippen LogP contribution is -2.24. The largest absolute Gasteiger partial charge is 0.381 e. The van der Waals surface area contributed by atoms with Gasteiger partial charge in [0, 0.05) is 31.0 Å². The van der Waals surface area contributed by atoms with Gasteiger partial charge in [0.2, 0.25) is 0 Å². The number of hydrogen-bond acceptors (Lipinski definition) is 5. The SMILES string of the molecule is CC(C)(C)n1ncc(C2=NC(C(=O)CCCC3CCOCC3)CS2)c1-c1ccc(F)cc1. The second kappa shape index (κ2) is 9.87. The van der Waals surface area contributed by atoms with Crippen molar-refractivity contribution in [3.8, 4) is 11.3 Å². The van der Waals surface area contributed by atoms with Crippen LogP contribution in [0.5, 0.6) is 0 Å². The molecule has 172 valence electrons. The molecule has 1 fully saturated rings. The Morgan fingerprint density at radius 2 is 1.94 bits per heavy atom. The number of carbonyl (C=O) groups is 1. The minimum Gasteiger partial charge on any atom is -0.381 e. The van der Waals surface area contributed by atoms with E-state index in [1.54, 1.807) is 23.9 Å². The minimum atomic E-state index is -0.288. The molecule has 4 rings (SSSR count). The Balaban J connectivity index is 1.50. The predicted molar refractivity (Wildman–Crippen MR) is 128 cm³/mol. The van der Waals surface area contributed by atoms with Gasteiger partial charge < -0.3 is 4.74 Å². The molecule has 0 N–H and O–H groups in total. The summed E-state index contributed by atoms with van der Waals surface area (Å²) < 4.78 is 20.9. The molecule has 2 aliphatic rings. The van der Waals surface area contributed by atoms with Crippen molar-refractivity contribution >= 4 is 22.6 Å². The Kier molecular flexibility index (Phi) is 7.15. The fraction of sp³-hybridized carbons (Fsp3) is 0.560. The Morgan fingerprint density at radius 1 is 1.22 bits per heavy atom. The van der Waals surface area contributed by atoms with E-state index in [0.29, 0.717) is 18.1 Å². The molecule has 0 saturated carbocycles. The lowest BCUT2D eigenvalue weighted by Gasteiger charge is -2.23. The van der Waals surface area contributed by atoms with Crippen molar-refractivity contribution in [2.24, 2.45) is 10.9 Å². The highest BCUT2D eigenvalue weighted by Crippen LogP contribution is 2.34. The molecular weight excluding hydrogens is 425 g/mol. The first-order valence-corrected chi connectivity index (χ1v) is 12.5. The number of aromatic nitrogens is 2. The molecule has 1 saturated heterocycles. The molecule has 2 aromatic rings. The van der Waals surface area contributed by atoms with Crippen LogP contribution in [-0.4, -0.2) is 45.6 Å². The molecule has 32 heavy (non-hydrogen) atoms. The van der Waals surface area contributed by atoms with Crippen molar-refractivity contribution < 1.29 is 13.9 Å². The highest BCUT2D eigenvalue weighted by molar-refractivity contribution is 8.14. The Hall–Kier alpha value is -1.99. The van der Waals surface area contributed by atoms with Crippen molar-refractivity contribution in [1.82, 2.24) is 9.78 Å². The lowest BCUT2D eigenvalue weighted by molar-refractivity contribution is -0.119. The summed E-state index contributed by atoms with van der Waals surface area (Å²) in [6.07, 6.45) is 6.66. The minimum absolute atomic E-state index is 0.228. The highest BCUT2D eigenvalue weighted by Gasteiger charge is 2.30. The Bertz CT molecular complexity index is 972. The summed E-state index contributed by atoms with van der Waals surface area (Å²) in [5.74, 6) is 1.33. The number of Topliss-reactive ketones (excluding diaryl/α,β-unsaturated/α-hetero) is 1. The van der Waals surface area contributed by atoms with E-state index in [0.717, 1.165) is 60.8 Å². The van der Waals surface area contributed by atoms with E-state index in [9.17, 15) is 9.18 Å². The number of halogens is 1. The number of ether oxygens (including phenoxy) is 1. The molecule has 3 heterocycles. The van der Waals surface area contributed by atoms with Crippen LogP contribution < -0.4 is 0 Å². The monoisotopic (exact) mass is 457 g/mol. The van der Waals surface area contributed by atoms with Gasteiger partial charge in [0.1, 0.15) is 16.9 Å². The zero-order valence-corrected chi connectivity index (χ0v) is 20.0. The van der Waals surface area contributed by atoms with Gasteiger partial charge in [-0.1, -0.05) is 0 Å². The number of hydrogen-bond donors (Lipinski definition) is 0. The molecule has 0 bridgehead atoms. The van der Waals surface area contributed by atoms with Gasteiger partial charge in [-0.05, 0) is 76.6 Å². The topological polar surface area (TPSA) is 56.5 Å². The maximum Gasteiger partial charge on any atom is 0.158 e. The van der Waals surface area contributed by atoms with E-state index in [4.69, 9.17) is 9.73 Å². The summed E-state index contributed by atoms with van der Waals surface area (Å²) in [5.41, 5.74) is 2.47. The number of nitrogens with zero attached hydrogens (tertiary/aromatic N) is 3. The van der Waals surface area contributed by atoms with Gasteiger partial charge >= 0.3 is 0 Å². The van der Waals surface area contributed by atoms with Crippen LogP contribution in [0.4, 0.5) is 4.39 Å². The van der Waals surface area contributed by atoms with E-state index in [-0.39, 0.29) is 23.2 Å². The first-order chi connectivity index (χ1) is 15.3. The van der Waals surface area contributed by atoms with Crippen molar-refractivity contribution in [2.45, 2.75) is 64.5 Å². The van der Waals surface area contributed by atoms with Crippen molar-refractivity contribution in [3.05, 3.63) is 41.8 Å². The van der Waals surface area contributed by atoms with E-state index >= 15 is 0 Å². The van der Waals surface area contributed by atoms with E-state index in [1.807, 2.05) is 10.9 Å². The van der Waals surface area contributed by atoms with Crippen LogP contribution in [0, 0.1) is 11.7 Å². The molecule has 1 aromatic heterocycles. The normalized spacial score (nSPS) is 19.9. The lowest BCUT2D eigenvalue weighted by atomic mass is 9.93. The van der Waals surface area contributed by atoms with Crippen LogP contribution in [0.15, 0.2) is 35.5 Å². The number of aliphatic imine (C=N–C) groups is 1. The standard InChI is InChI=1S/C25H32FN3O2S/c1-25(2,3)29-23(18-7-9-19(26)10-8-18)20(15-27-29)24-28-21(16-32-24)22(30)6-4-5-17-11-13-31-14-12-17/h7-10,15,17,21H,4-6,11-14,16H2,1-3H3. The number of thioether (sulfide) groups is 1. The summed E-state index contributed by atoms with van der Waals surface area (Å²) >= 11 is 1.61. The third-order valence-electron chi connectivity index (χ3n) is 6.15. The Morgan fingerprint density at radius 3 is 2.62 bits per heavy atom. The molecule has 1 aromatic carbocycles. The second-order valence-electron chi connectivity index (χ2n) is 9.67. The third kappa shape index (κ3) is 5.31. The average molecular weight is 458 g/mol. The molecule has 1 unspecified atom stereocenters. The summed E-state index contributed by atoms with van der Waals surface area (Å²) in [5, 5.41) is 5.49. The zero-order valence-electron chi connectivity index (χ0n) is 19.1. The summed E-state index contributed by atoms with van der Waals surface area (Å²) in [4.78, 5) is 17.6. The van der Waals surface area contributed by atoms with Gasteiger partial charge in [-0.25, -0.2) is 4.39 Å². The third-order valence-corrected chi connectivity index (χ3v) is 7.23. The molecule has 0 amide bonds. The number of ketones is 1. The van der Waals surface area contributed by atoms with Gasteiger partial charge in [0.05, 0.1) is 23.0 Å². The molecular formula is C25H32FN3O2S. The fourth-order valence-electron chi connectivity index (χ4n) is 4.35. The van der Waals surface area contributed by atoms with Crippen LogP contribution in [0.1, 0.15) is 58.4 Å². The molecule has 7 heteroatoms. The summed E-state index contributed by atoms with van der Waals surface area (Å²) in [7, 11) is 0. The molecule has 0 radical (unpaired) electrons. The highest BCUT2D eigenvalue weighted by atomic mass is 32.2. The fourth-order valence-corrected chi connectivity index (χ4v) is 5.43. The molecule has 5 nitrogen and oxygen atoms in total. The summed E-state index contributed by atoms with van der Waals surface area (Å²) in [6, 6.07) is 6.19. The maximum absolute atomic E-state index is 13.5. The zero-order chi connectivity index (χ0) is 22.7. The Labute approximate surface area is 193 Å². The number of rotatable bonds is 7. The molecule has 0 spiro atoms. The van der Waals surface area contributed by atoms with Gasteiger partial charge in [-0.2, -0.15) is 5.10 Å². The average Bonchev–Trinajstić information content (AvgIpc) is 3.42. The van der Waals surface area contributed by atoms with Gasteiger partial charge in [0.15, 0.2) is 5.78 Å². The molecule has 1 atom stereocenters. The van der Waals surface area contributed by atoms with Gasteiger partial charge in [-0.3, -0.25) is 14.5 Å². The van der Waals surface area contributed by atoms with Gasteiger partial charge in [0.25, 0.3) is 0 Å². The van der Waals surface area contributed by atoms with Crippen LogP contribution in [0.3, 0.4) is 0 Å². The van der Waals surface area contributed by atoms with E-state index in [2.05, 4.69) is 25.9 Å². The molecule has 0 aliphatic carbocycles. The first-order valence-electron chi connectivity index (χ1n) is 11.5. The van der Waals surface area contributed by atoms with Crippen LogP contribution in [-0.2, 0) is 15.1 Å². The quantitative estimate of drug-likeness (QED) is 0.553. The van der Waals surface area contributed by atoms with Gasteiger partial charge in [-0.15, -0.1) is 11.8 Å². The number of benzene rings is 1. The number of carbonyl (C=O) groups excluding carboxylic acids is 1. The maximum atomic E-state index is 13.5. The van der Waals surface area contributed by atoms with Crippen LogP contribution in [0.25, 0.3) is 11.3 Å². The van der Waals surface area contributed by atoms with Crippen molar-refractivity contribution in [2.75, 3.05) is 19.0 Å². The van der Waals surface area contributed by atoms with Crippen molar-refractivity contribution in [3.63, 3.8) is 0 Å².